The molecular formula is C57H95NO5. The minimum absolute atomic E-state index is 0.0115. The number of unbranched alkanes of at least 4 members (excludes halogenated alkanes) is 17. The molecule has 0 fully saturated rings. The second kappa shape index (κ2) is 49.5. The lowest BCUT2D eigenvalue weighted by molar-refractivity contribution is -0.151. The van der Waals surface area contributed by atoms with Gasteiger partial charge in [0.25, 0.3) is 0 Å². The smallest absolute Gasteiger partial charge is 0.306 e. The molecule has 0 aromatic carbocycles. The number of allylic oxidation sites excluding steroid dienone is 18. The van der Waals surface area contributed by atoms with Gasteiger partial charge >= 0.3 is 5.97 Å². The number of carbonyl (C=O) groups is 2. The topological polar surface area (TPSA) is 95.9 Å². The van der Waals surface area contributed by atoms with Crippen molar-refractivity contribution in [1.82, 2.24) is 5.32 Å². The van der Waals surface area contributed by atoms with Crippen LogP contribution in [-0.2, 0) is 14.3 Å². The highest BCUT2D eigenvalue weighted by Gasteiger charge is 2.24. The molecule has 6 heteroatoms. The van der Waals surface area contributed by atoms with Crippen LogP contribution in [0.3, 0.4) is 0 Å². The van der Waals surface area contributed by atoms with Crippen LogP contribution in [0.4, 0.5) is 0 Å². The number of hydrogen-bond donors (Lipinski definition) is 3. The highest BCUT2D eigenvalue weighted by molar-refractivity contribution is 5.77. The Hall–Kier alpha value is -3.48. The lowest BCUT2D eigenvalue weighted by atomic mass is 10.0. The third-order valence-electron chi connectivity index (χ3n) is 10.9. The fraction of sp³-hybridized carbons (Fsp3) is 0.649. The molecule has 0 rings (SSSR count). The summed E-state index contributed by atoms with van der Waals surface area (Å²) in [5.74, 6) is -0.590. The van der Waals surface area contributed by atoms with E-state index in [4.69, 9.17) is 4.74 Å². The van der Waals surface area contributed by atoms with E-state index in [9.17, 15) is 19.8 Å². The minimum atomic E-state index is -0.817. The molecule has 3 unspecified atom stereocenters. The van der Waals surface area contributed by atoms with Gasteiger partial charge in [-0.3, -0.25) is 9.59 Å². The maximum atomic E-state index is 13.2. The van der Waals surface area contributed by atoms with Crippen LogP contribution in [0, 0.1) is 0 Å². The number of hydrogen-bond acceptors (Lipinski definition) is 5. The lowest BCUT2D eigenvalue weighted by Crippen LogP contribution is -2.46. The molecule has 0 bridgehead atoms. The first-order valence-electron chi connectivity index (χ1n) is 25.7. The summed E-state index contributed by atoms with van der Waals surface area (Å²) in [4.78, 5) is 26.1. The van der Waals surface area contributed by atoms with Crippen molar-refractivity contribution in [3.05, 3.63) is 109 Å². The van der Waals surface area contributed by atoms with Crippen molar-refractivity contribution in [2.45, 2.75) is 232 Å². The van der Waals surface area contributed by atoms with Gasteiger partial charge in [-0.2, -0.15) is 0 Å². The molecule has 0 aliphatic heterocycles. The van der Waals surface area contributed by atoms with Crippen molar-refractivity contribution in [1.29, 1.82) is 0 Å². The average Bonchev–Trinajstić information content (AvgIpc) is 3.28. The number of aliphatic hydroxyl groups is 2. The molecule has 0 radical (unpaired) electrons. The van der Waals surface area contributed by atoms with Gasteiger partial charge in [-0.05, 0) is 83.5 Å². The Kier molecular flexibility index (Phi) is 46.8. The molecule has 6 nitrogen and oxygen atoms in total. The van der Waals surface area contributed by atoms with E-state index in [2.05, 4.69) is 99.0 Å². The molecule has 3 N–H and O–H groups in total. The van der Waals surface area contributed by atoms with E-state index in [-0.39, 0.29) is 24.9 Å². The van der Waals surface area contributed by atoms with Gasteiger partial charge in [-0.25, -0.2) is 0 Å². The van der Waals surface area contributed by atoms with Crippen molar-refractivity contribution in [2.24, 2.45) is 0 Å². The molecule has 0 spiro atoms. The van der Waals surface area contributed by atoms with Crippen LogP contribution < -0.4 is 5.32 Å². The lowest BCUT2D eigenvalue weighted by Gasteiger charge is -2.24. The second-order valence-electron chi connectivity index (χ2n) is 16.9. The monoisotopic (exact) mass is 874 g/mol. The Morgan fingerprint density at radius 2 is 0.952 bits per heavy atom. The number of ether oxygens (including phenoxy) is 1. The number of esters is 1. The molecule has 0 aromatic heterocycles. The van der Waals surface area contributed by atoms with E-state index >= 15 is 0 Å². The molecule has 0 saturated heterocycles. The zero-order valence-electron chi connectivity index (χ0n) is 40.7. The van der Waals surface area contributed by atoms with Gasteiger partial charge in [0.05, 0.1) is 25.2 Å². The van der Waals surface area contributed by atoms with E-state index in [1.807, 2.05) is 36.5 Å². The van der Waals surface area contributed by atoms with Crippen LogP contribution in [0.1, 0.15) is 213 Å². The summed E-state index contributed by atoms with van der Waals surface area (Å²) in [7, 11) is 0. The third kappa shape index (κ3) is 44.9. The molecule has 0 aliphatic rings. The largest absolute Gasteiger partial charge is 0.462 e. The van der Waals surface area contributed by atoms with Gasteiger partial charge in [-0.1, -0.05) is 226 Å². The molecule has 0 heterocycles. The van der Waals surface area contributed by atoms with Crippen LogP contribution in [0.25, 0.3) is 0 Å². The van der Waals surface area contributed by atoms with Gasteiger partial charge in [0.15, 0.2) is 0 Å². The Balaban J connectivity index is 4.66. The molecular weight excluding hydrogens is 779 g/mol. The summed E-state index contributed by atoms with van der Waals surface area (Å²) >= 11 is 0. The zero-order valence-corrected chi connectivity index (χ0v) is 40.7. The molecule has 0 aliphatic carbocycles. The van der Waals surface area contributed by atoms with Crippen LogP contribution in [0.2, 0.25) is 0 Å². The predicted octanol–water partition coefficient (Wildman–Crippen LogP) is 15.5. The van der Waals surface area contributed by atoms with E-state index in [1.54, 1.807) is 0 Å². The Morgan fingerprint density at radius 3 is 1.49 bits per heavy atom. The van der Waals surface area contributed by atoms with Crippen LogP contribution in [0.5, 0.6) is 0 Å². The third-order valence-corrected chi connectivity index (χ3v) is 10.9. The average molecular weight is 874 g/mol. The molecule has 1 amide bonds. The summed E-state index contributed by atoms with van der Waals surface area (Å²) < 4.78 is 5.87. The van der Waals surface area contributed by atoms with Gasteiger partial charge in [0, 0.05) is 6.42 Å². The predicted molar refractivity (Wildman–Crippen MR) is 273 cm³/mol. The normalized spacial score (nSPS) is 14.2. The highest BCUT2D eigenvalue weighted by Crippen LogP contribution is 2.16. The summed E-state index contributed by atoms with van der Waals surface area (Å²) in [5, 5.41) is 23.7. The van der Waals surface area contributed by atoms with Gasteiger partial charge in [-0.15, -0.1) is 0 Å². The molecule has 358 valence electrons. The molecule has 0 saturated carbocycles. The quantitative estimate of drug-likeness (QED) is 0.0245. The van der Waals surface area contributed by atoms with Gasteiger partial charge < -0.3 is 20.3 Å². The zero-order chi connectivity index (χ0) is 45.9. The molecule has 63 heavy (non-hydrogen) atoms. The SMILES string of the molecule is CC/C=C\C/C=C\C/C=C\C/C=C\C/C=C\CCCCCC(=O)OC(CCC\C=C/C=C\C=C\C=C\CC)CC(=O)NC(CO)C(O)CCCCCCCCCCCCCCCC. The van der Waals surface area contributed by atoms with Crippen molar-refractivity contribution in [2.75, 3.05) is 6.61 Å². The molecule has 3 atom stereocenters. The van der Waals surface area contributed by atoms with Gasteiger partial charge in [0.1, 0.15) is 6.10 Å². The van der Waals surface area contributed by atoms with Crippen LogP contribution >= 0.6 is 0 Å². The van der Waals surface area contributed by atoms with Crippen molar-refractivity contribution >= 4 is 11.9 Å². The number of carbonyl (C=O) groups excluding carboxylic acids is 2. The Morgan fingerprint density at radius 1 is 0.492 bits per heavy atom. The summed E-state index contributed by atoms with van der Waals surface area (Å²) in [6, 6.07) is -0.736. The van der Waals surface area contributed by atoms with E-state index in [1.165, 1.54) is 70.6 Å². The number of rotatable bonds is 44. The summed E-state index contributed by atoms with van der Waals surface area (Å²) in [5.41, 5.74) is 0. The minimum Gasteiger partial charge on any atom is -0.462 e. The van der Waals surface area contributed by atoms with E-state index < -0.39 is 18.2 Å². The summed E-state index contributed by atoms with van der Waals surface area (Å²) in [6.07, 6.45) is 67.3. The number of amides is 1. The van der Waals surface area contributed by atoms with Crippen molar-refractivity contribution in [3.63, 3.8) is 0 Å². The van der Waals surface area contributed by atoms with E-state index in [0.29, 0.717) is 19.3 Å². The fourth-order valence-corrected chi connectivity index (χ4v) is 7.12. The second-order valence-corrected chi connectivity index (χ2v) is 16.9. The fourth-order valence-electron chi connectivity index (χ4n) is 7.12. The Labute approximate surface area is 388 Å². The first kappa shape index (κ1) is 59.5. The number of nitrogens with one attached hydrogen (secondary N) is 1. The maximum Gasteiger partial charge on any atom is 0.306 e. The van der Waals surface area contributed by atoms with Crippen LogP contribution in [-0.4, -0.2) is 46.9 Å². The highest BCUT2D eigenvalue weighted by atomic mass is 16.5. The van der Waals surface area contributed by atoms with Gasteiger partial charge in [0.2, 0.25) is 5.91 Å². The Bertz CT molecular complexity index is 1300. The molecule has 0 aromatic rings. The van der Waals surface area contributed by atoms with Crippen molar-refractivity contribution in [3.8, 4) is 0 Å². The first-order valence-corrected chi connectivity index (χ1v) is 25.7. The summed E-state index contributed by atoms with van der Waals surface area (Å²) in [6.45, 7) is 6.19. The first-order chi connectivity index (χ1) is 31.0. The maximum absolute atomic E-state index is 13.2. The van der Waals surface area contributed by atoms with E-state index in [0.717, 1.165) is 96.3 Å². The standard InChI is InChI=1S/C57H95NO5/c1-4-7-10-13-16-19-22-24-26-27-28-29-30-32-35-38-41-44-47-50-57(62)63-53(48-45-42-39-36-33-21-18-15-12-9-6-3)51-56(61)58-54(52-59)55(60)49-46-43-40-37-34-31-25-23-20-17-14-11-8-5-2/h7,9-10,12,15-16,18-19,21,24,26,28-29,32-33,35-36,39,53-55,59-60H,4-6,8,11,13-14,17,20,22-23,25,27,30-31,34,37-38,40-52H2,1-3H3,(H,58,61)/b10-7-,12-9+,18-15+,19-16-,26-24-,29-28-,33-21-,35-32-,39-36-. The van der Waals surface area contributed by atoms with Crippen LogP contribution in [0.15, 0.2) is 109 Å². The number of aliphatic hydroxyl groups excluding tert-OH is 2. The van der Waals surface area contributed by atoms with Crippen molar-refractivity contribution < 1.29 is 24.5 Å².